The molecule has 1 aliphatic carbocycles. The van der Waals surface area contributed by atoms with Crippen LogP contribution < -0.4 is 16.1 Å². The molecule has 2 atom stereocenters. The van der Waals surface area contributed by atoms with Crippen molar-refractivity contribution in [3.05, 3.63) is 74.9 Å². The van der Waals surface area contributed by atoms with Crippen molar-refractivity contribution >= 4 is 34.4 Å². The van der Waals surface area contributed by atoms with Gasteiger partial charge in [-0.3, -0.25) is 14.4 Å². The van der Waals surface area contributed by atoms with Gasteiger partial charge in [0.15, 0.2) is 17.1 Å². The molecule has 1 aliphatic rings. The number of halogens is 2. The molecule has 0 bridgehead atoms. The highest BCUT2D eigenvalue weighted by atomic mass is 35.5. The summed E-state index contributed by atoms with van der Waals surface area (Å²) in [4.78, 5) is 43.2. The highest BCUT2D eigenvalue weighted by Crippen LogP contribution is 2.22. The number of nitrogens with one attached hydrogen (secondary N) is 2. The molecule has 10 heteroatoms. The number of aliphatic hydroxyl groups is 1. The van der Waals surface area contributed by atoms with E-state index in [9.17, 15) is 23.9 Å². The third kappa shape index (κ3) is 5.25. The zero-order valence-electron chi connectivity index (χ0n) is 19.2. The van der Waals surface area contributed by atoms with Crippen LogP contribution in [0, 0.1) is 18.2 Å². The molecule has 2 heterocycles. The fraction of sp³-hybridized carbons (Fsp3) is 0.308. The van der Waals surface area contributed by atoms with Crippen molar-refractivity contribution in [2.75, 3.05) is 0 Å². The molecular weight excluding hydrogens is 487 g/mol. The molecule has 1 fully saturated rings. The average molecular weight is 511 g/mol. The number of aromatic nitrogens is 2. The number of carbonyl (C=O) groups is 2. The number of nitrogens with zero attached hydrogens (tertiary/aromatic N) is 2. The quantitative estimate of drug-likeness (QED) is 0.334. The monoisotopic (exact) mass is 510 g/mol. The van der Waals surface area contributed by atoms with Crippen molar-refractivity contribution in [1.29, 1.82) is 0 Å². The van der Waals surface area contributed by atoms with Crippen molar-refractivity contribution in [3.63, 3.8) is 0 Å². The highest BCUT2D eigenvalue weighted by Gasteiger charge is 2.32. The van der Waals surface area contributed by atoms with E-state index >= 15 is 0 Å². The zero-order chi connectivity index (χ0) is 25.8. The normalized spacial score (nSPS) is 15.3. The number of hydrogen-bond acceptors (Lipinski definition) is 5. The van der Waals surface area contributed by atoms with E-state index in [1.165, 1.54) is 10.8 Å². The predicted octanol–water partition coefficient (Wildman–Crippen LogP) is 2.71. The Hall–Kier alpha value is -3.74. The van der Waals surface area contributed by atoms with E-state index in [-0.39, 0.29) is 29.2 Å². The summed E-state index contributed by atoms with van der Waals surface area (Å²) in [5.41, 5.74) is -0.665. The van der Waals surface area contributed by atoms with Crippen molar-refractivity contribution in [2.24, 2.45) is 0 Å². The van der Waals surface area contributed by atoms with Gasteiger partial charge in [-0.05, 0) is 24.5 Å². The molecule has 0 spiro atoms. The Labute approximate surface area is 211 Å². The first-order valence-corrected chi connectivity index (χ1v) is 11.8. The van der Waals surface area contributed by atoms with Crippen molar-refractivity contribution in [2.45, 2.75) is 50.4 Å². The molecule has 2 aromatic heterocycles. The maximum atomic E-state index is 14.1. The molecule has 36 heavy (non-hydrogen) atoms. The zero-order valence-corrected chi connectivity index (χ0v) is 20.0. The van der Waals surface area contributed by atoms with E-state index in [1.807, 2.05) is 0 Å². The second-order valence-electron chi connectivity index (χ2n) is 8.63. The Morgan fingerprint density at radius 2 is 1.97 bits per heavy atom. The molecule has 3 aromatic rings. The Balaban J connectivity index is 1.70. The molecule has 186 valence electrons. The fourth-order valence-electron chi connectivity index (χ4n) is 4.38. The summed E-state index contributed by atoms with van der Waals surface area (Å²) in [6.07, 6.45) is 8.63. The van der Waals surface area contributed by atoms with Gasteiger partial charge in [0.1, 0.15) is 11.2 Å². The molecule has 1 aromatic carbocycles. The number of pyridine rings is 2. The third-order valence-electron chi connectivity index (χ3n) is 6.20. The number of benzene rings is 1. The number of amides is 2. The van der Waals surface area contributed by atoms with Gasteiger partial charge in [0, 0.05) is 12.2 Å². The molecular formula is C26H24ClFN4O4. The molecule has 0 saturated heterocycles. The summed E-state index contributed by atoms with van der Waals surface area (Å²) in [5, 5.41) is 15.7. The minimum atomic E-state index is -1.62. The van der Waals surface area contributed by atoms with Crippen LogP contribution in [0.3, 0.4) is 0 Å². The lowest BCUT2D eigenvalue weighted by molar-refractivity contribution is -0.131. The second-order valence-corrected chi connectivity index (χ2v) is 8.99. The number of aliphatic hydroxyl groups excluding tert-OH is 1. The van der Waals surface area contributed by atoms with Crippen LogP contribution in [0.5, 0.6) is 0 Å². The molecule has 0 aliphatic heterocycles. The van der Waals surface area contributed by atoms with Crippen molar-refractivity contribution in [3.8, 4) is 12.3 Å². The first-order valence-electron chi connectivity index (χ1n) is 11.5. The number of fused-ring (bicyclic) bond motifs is 1. The van der Waals surface area contributed by atoms with E-state index in [2.05, 4.69) is 21.5 Å². The molecule has 2 unspecified atom stereocenters. The largest absolute Gasteiger partial charge is 0.381 e. The Morgan fingerprint density at radius 3 is 2.64 bits per heavy atom. The van der Waals surface area contributed by atoms with Crippen LogP contribution in [0.2, 0.25) is 5.15 Å². The maximum absolute atomic E-state index is 14.1. The van der Waals surface area contributed by atoms with E-state index in [1.54, 1.807) is 30.3 Å². The minimum absolute atomic E-state index is 0.0245. The van der Waals surface area contributed by atoms with Gasteiger partial charge in [-0.1, -0.05) is 60.7 Å². The van der Waals surface area contributed by atoms with E-state index < -0.39 is 40.4 Å². The summed E-state index contributed by atoms with van der Waals surface area (Å²) in [7, 11) is 0. The van der Waals surface area contributed by atoms with Gasteiger partial charge in [-0.2, -0.15) is 0 Å². The van der Waals surface area contributed by atoms with Crippen LogP contribution in [0.25, 0.3) is 11.0 Å². The molecule has 0 radical (unpaired) electrons. The van der Waals surface area contributed by atoms with Gasteiger partial charge >= 0.3 is 0 Å². The molecule has 3 N–H and O–H groups in total. The van der Waals surface area contributed by atoms with Gasteiger partial charge in [0.2, 0.25) is 5.43 Å². The number of rotatable bonds is 7. The molecule has 8 nitrogen and oxygen atoms in total. The van der Waals surface area contributed by atoms with Crippen LogP contribution in [-0.4, -0.2) is 38.6 Å². The van der Waals surface area contributed by atoms with Gasteiger partial charge in [0.25, 0.3) is 11.8 Å². The Bertz CT molecular complexity index is 1400. The first kappa shape index (κ1) is 25.4. The van der Waals surface area contributed by atoms with Crippen LogP contribution >= 0.6 is 11.6 Å². The molecule has 4 rings (SSSR count). The van der Waals surface area contributed by atoms with Crippen LogP contribution in [0.1, 0.15) is 47.6 Å². The van der Waals surface area contributed by atoms with Crippen molar-refractivity contribution < 1.29 is 19.1 Å². The van der Waals surface area contributed by atoms with Gasteiger partial charge in [-0.15, -0.1) is 6.42 Å². The summed E-state index contributed by atoms with van der Waals surface area (Å²) in [6, 6.07) is 8.15. The summed E-state index contributed by atoms with van der Waals surface area (Å²) in [6.45, 7) is -0.0689. The third-order valence-corrected chi connectivity index (χ3v) is 6.46. The first-order chi connectivity index (χ1) is 17.3. The second kappa shape index (κ2) is 10.9. The summed E-state index contributed by atoms with van der Waals surface area (Å²) in [5.74, 6) is -0.0300. The Morgan fingerprint density at radius 1 is 1.28 bits per heavy atom. The standard InChI is InChI=1S/C26H24ClFN4O4/c1-2-12-32-14-18(21(33)17-13-19(28)23(27)31-24(17)32)25(35)30-20(15-8-4-3-5-9-15)22(34)26(36)29-16-10-6-7-11-16/h1,3-5,8-9,13-14,16,20,22,34H,6-7,10-12H2,(H,29,36)(H,30,35). The van der Waals surface area contributed by atoms with E-state index in [4.69, 9.17) is 18.0 Å². The summed E-state index contributed by atoms with van der Waals surface area (Å²) >= 11 is 5.78. The molecule has 1 saturated carbocycles. The number of hydrogen-bond donors (Lipinski definition) is 3. The highest BCUT2D eigenvalue weighted by molar-refractivity contribution is 6.29. The van der Waals surface area contributed by atoms with Crippen LogP contribution in [0.15, 0.2) is 47.4 Å². The van der Waals surface area contributed by atoms with Crippen LogP contribution in [0.4, 0.5) is 4.39 Å². The number of terminal acetylenes is 1. The van der Waals surface area contributed by atoms with Gasteiger partial charge in [-0.25, -0.2) is 9.37 Å². The van der Waals surface area contributed by atoms with Crippen LogP contribution in [-0.2, 0) is 11.3 Å². The lowest BCUT2D eigenvalue weighted by Crippen LogP contribution is -2.48. The lowest BCUT2D eigenvalue weighted by atomic mass is 9.99. The topological polar surface area (TPSA) is 113 Å². The number of carbonyl (C=O) groups excluding carboxylic acids is 2. The smallest absolute Gasteiger partial charge is 0.257 e. The predicted molar refractivity (Wildman–Crippen MR) is 133 cm³/mol. The SMILES string of the molecule is C#CCn1cc(C(=O)NC(c2ccccc2)C(O)C(=O)NC2CCCC2)c(=O)c2cc(F)c(Cl)nc21. The maximum Gasteiger partial charge on any atom is 0.257 e. The van der Waals surface area contributed by atoms with E-state index in [0.29, 0.717) is 5.56 Å². The molecule has 2 amide bonds. The van der Waals surface area contributed by atoms with Gasteiger partial charge in [0.05, 0.1) is 18.0 Å². The lowest BCUT2D eigenvalue weighted by Gasteiger charge is -2.25. The average Bonchev–Trinajstić information content (AvgIpc) is 3.38. The fourth-order valence-corrected chi connectivity index (χ4v) is 4.51. The van der Waals surface area contributed by atoms with Crippen molar-refractivity contribution in [1.82, 2.24) is 20.2 Å². The minimum Gasteiger partial charge on any atom is -0.381 e. The Kier molecular flexibility index (Phi) is 7.67. The van der Waals surface area contributed by atoms with E-state index in [0.717, 1.165) is 31.7 Å². The van der Waals surface area contributed by atoms with Gasteiger partial charge < -0.3 is 20.3 Å². The summed E-state index contributed by atoms with van der Waals surface area (Å²) < 4.78 is 15.4.